The van der Waals surface area contributed by atoms with Gasteiger partial charge >= 0.3 is 6.03 Å². The van der Waals surface area contributed by atoms with E-state index in [1.165, 1.54) is 18.4 Å². The molecule has 2 amide bonds. The standard InChI is InChI=1S/C24H24N2O2.C16H17NO2.C14H11BrO.C4H8O/c1-19(21-8-4-2-5-9-21)22-14-12-20(13-15-22)18-28-17-16-25-24(27)26-23-10-6-3-7-11-23;17-10-11-19-12-13-6-8-15(9-7-13)16(18)14-4-2-1-3-5-14;15-10-11-6-8-13(9-7-11)14(16)12-4-2-1-3-5-12;1-2-4-5-3-1/h2-15H,1,16-18H2,(H2,25,26,27);1-9H,10-12,17H2;1-9H,10H2;1-4H2. The molecule has 0 unspecified atom stereocenters. The van der Waals surface area contributed by atoms with Gasteiger partial charge in [-0.15, -0.1) is 0 Å². The lowest BCUT2D eigenvalue weighted by molar-refractivity contribution is 0.103. The predicted octanol–water partition coefficient (Wildman–Crippen LogP) is 12.1. The summed E-state index contributed by atoms with van der Waals surface area (Å²) in [6, 6.07) is 61.1. The highest BCUT2D eigenvalue weighted by Gasteiger charge is 2.09. The van der Waals surface area contributed by atoms with Crippen molar-refractivity contribution in [3.8, 4) is 0 Å². The van der Waals surface area contributed by atoms with Gasteiger partial charge in [0.1, 0.15) is 0 Å². The molecular formula is C58H60BrN3O6. The predicted molar refractivity (Wildman–Crippen MR) is 278 cm³/mol. The van der Waals surface area contributed by atoms with E-state index in [0.29, 0.717) is 50.6 Å². The van der Waals surface area contributed by atoms with Gasteiger partial charge in [-0.3, -0.25) is 9.59 Å². The second-order valence-electron chi connectivity index (χ2n) is 15.4. The Labute approximate surface area is 409 Å². The molecule has 0 aromatic heterocycles. The van der Waals surface area contributed by atoms with Crippen LogP contribution in [0.4, 0.5) is 10.5 Å². The average Bonchev–Trinajstić information content (AvgIpc) is 4.01. The number of rotatable bonds is 17. The van der Waals surface area contributed by atoms with Crippen molar-refractivity contribution in [1.29, 1.82) is 0 Å². The number of alkyl halides is 1. The summed E-state index contributed by atoms with van der Waals surface area (Å²) in [6.45, 7) is 9.16. The van der Waals surface area contributed by atoms with E-state index in [1.54, 1.807) is 0 Å². The Morgan fingerprint density at radius 1 is 0.515 bits per heavy atom. The Hall–Kier alpha value is -6.79. The van der Waals surface area contributed by atoms with Crippen molar-refractivity contribution in [2.24, 2.45) is 5.73 Å². The van der Waals surface area contributed by atoms with E-state index in [4.69, 9.17) is 19.9 Å². The van der Waals surface area contributed by atoms with E-state index >= 15 is 0 Å². The van der Waals surface area contributed by atoms with Gasteiger partial charge in [-0.25, -0.2) is 4.79 Å². The lowest BCUT2D eigenvalue weighted by atomic mass is 9.99. The van der Waals surface area contributed by atoms with Crippen LogP contribution in [-0.2, 0) is 32.8 Å². The Morgan fingerprint density at radius 3 is 1.32 bits per heavy atom. The molecular weight excluding hydrogens is 915 g/mol. The van der Waals surface area contributed by atoms with Crippen molar-refractivity contribution in [1.82, 2.24) is 5.32 Å². The minimum absolute atomic E-state index is 0.0371. The van der Waals surface area contributed by atoms with Crippen molar-refractivity contribution in [2.45, 2.75) is 31.4 Å². The zero-order valence-corrected chi connectivity index (χ0v) is 40.0. The summed E-state index contributed by atoms with van der Waals surface area (Å²) < 4.78 is 15.9. The fraction of sp³-hybridized carbons (Fsp3) is 0.190. The smallest absolute Gasteiger partial charge is 0.319 e. The van der Waals surface area contributed by atoms with Gasteiger partial charge in [-0.1, -0.05) is 204 Å². The molecule has 10 heteroatoms. The molecule has 4 N–H and O–H groups in total. The van der Waals surface area contributed by atoms with E-state index in [2.05, 4.69) is 57.4 Å². The van der Waals surface area contributed by atoms with Crippen LogP contribution in [0.1, 0.15) is 72.5 Å². The van der Waals surface area contributed by atoms with Gasteiger partial charge < -0.3 is 30.6 Å². The largest absolute Gasteiger partial charge is 0.381 e. The quantitative estimate of drug-likeness (QED) is 0.0471. The van der Waals surface area contributed by atoms with Crippen LogP contribution in [0.3, 0.4) is 0 Å². The van der Waals surface area contributed by atoms with Crippen molar-refractivity contribution in [3.63, 3.8) is 0 Å². The molecule has 1 fully saturated rings. The minimum atomic E-state index is -0.237. The van der Waals surface area contributed by atoms with Crippen LogP contribution >= 0.6 is 15.9 Å². The number of nitrogens with one attached hydrogen (secondary N) is 2. The molecule has 0 radical (unpaired) electrons. The lowest BCUT2D eigenvalue weighted by Gasteiger charge is -2.09. The number of hydrogen-bond donors (Lipinski definition) is 3. The number of ether oxygens (including phenoxy) is 3. The number of benzene rings is 7. The number of hydrogen-bond acceptors (Lipinski definition) is 7. The number of urea groups is 1. The third kappa shape index (κ3) is 18.8. The van der Waals surface area contributed by atoms with Crippen LogP contribution in [0.5, 0.6) is 0 Å². The maximum Gasteiger partial charge on any atom is 0.319 e. The van der Waals surface area contributed by atoms with Crippen molar-refractivity contribution in [3.05, 3.63) is 251 Å². The lowest BCUT2D eigenvalue weighted by Crippen LogP contribution is -2.31. The Bertz CT molecular complexity index is 2510. The van der Waals surface area contributed by atoms with Crippen molar-refractivity contribution < 1.29 is 28.6 Å². The Balaban J connectivity index is 0.000000188. The van der Waals surface area contributed by atoms with Gasteiger partial charge in [0.15, 0.2) is 11.6 Å². The number of para-hydroxylation sites is 1. The topological polar surface area (TPSA) is 129 Å². The van der Waals surface area contributed by atoms with E-state index in [0.717, 1.165) is 63.2 Å². The third-order valence-corrected chi connectivity index (χ3v) is 10.9. The molecule has 350 valence electrons. The van der Waals surface area contributed by atoms with E-state index < -0.39 is 0 Å². The molecule has 0 saturated carbocycles. The fourth-order valence-electron chi connectivity index (χ4n) is 6.53. The second-order valence-corrected chi connectivity index (χ2v) is 16.0. The normalized spacial score (nSPS) is 11.3. The van der Waals surface area contributed by atoms with Crippen LogP contribution in [0.2, 0.25) is 0 Å². The molecule has 0 aliphatic carbocycles. The first-order chi connectivity index (χ1) is 33.3. The summed E-state index contributed by atoms with van der Waals surface area (Å²) in [6.07, 6.45) is 2.56. The molecule has 0 spiro atoms. The summed E-state index contributed by atoms with van der Waals surface area (Å²) >= 11 is 3.38. The highest BCUT2D eigenvalue weighted by molar-refractivity contribution is 9.08. The zero-order valence-electron chi connectivity index (χ0n) is 38.4. The summed E-state index contributed by atoms with van der Waals surface area (Å²) in [4.78, 5) is 36.0. The minimum Gasteiger partial charge on any atom is -0.381 e. The fourth-order valence-corrected chi connectivity index (χ4v) is 6.90. The summed E-state index contributed by atoms with van der Waals surface area (Å²) in [5, 5.41) is 6.35. The van der Waals surface area contributed by atoms with E-state index in [9.17, 15) is 14.4 Å². The Kier molecular flexibility index (Phi) is 23.4. The molecule has 1 aliphatic heterocycles. The first-order valence-electron chi connectivity index (χ1n) is 22.6. The molecule has 68 heavy (non-hydrogen) atoms. The van der Waals surface area contributed by atoms with E-state index in [1.807, 2.05) is 170 Å². The molecule has 1 aliphatic rings. The van der Waals surface area contributed by atoms with Crippen LogP contribution in [0.15, 0.2) is 201 Å². The highest BCUT2D eigenvalue weighted by atomic mass is 79.9. The number of halogens is 1. The zero-order chi connectivity index (χ0) is 48.0. The van der Waals surface area contributed by atoms with Gasteiger partial charge in [0.25, 0.3) is 0 Å². The first-order valence-corrected chi connectivity index (χ1v) is 23.8. The van der Waals surface area contributed by atoms with Gasteiger partial charge in [-0.2, -0.15) is 0 Å². The molecule has 8 rings (SSSR count). The number of nitrogens with two attached hydrogens (primary N) is 1. The van der Waals surface area contributed by atoms with Crippen molar-refractivity contribution >= 4 is 44.8 Å². The molecule has 7 aromatic carbocycles. The number of carbonyl (C=O) groups is 3. The van der Waals surface area contributed by atoms with Crippen LogP contribution < -0.4 is 16.4 Å². The third-order valence-electron chi connectivity index (χ3n) is 10.3. The first kappa shape index (κ1) is 52.2. The number of anilines is 1. The number of amides is 2. The Morgan fingerprint density at radius 2 is 0.897 bits per heavy atom. The summed E-state index contributed by atoms with van der Waals surface area (Å²) in [5.74, 6) is 0.108. The van der Waals surface area contributed by atoms with Gasteiger partial charge in [0.05, 0.1) is 26.4 Å². The summed E-state index contributed by atoms with van der Waals surface area (Å²) in [5.41, 5.74) is 15.5. The average molecular weight is 975 g/mol. The highest BCUT2D eigenvalue weighted by Crippen LogP contribution is 2.22. The molecule has 0 atom stereocenters. The van der Waals surface area contributed by atoms with Crippen LogP contribution in [0, 0.1) is 0 Å². The number of carbonyl (C=O) groups excluding carboxylic acids is 3. The van der Waals surface area contributed by atoms with Crippen LogP contribution in [-0.4, -0.2) is 57.1 Å². The van der Waals surface area contributed by atoms with Crippen molar-refractivity contribution in [2.75, 3.05) is 44.8 Å². The molecule has 0 bridgehead atoms. The monoisotopic (exact) mass is 973 g/mol. The SMILES string of the molecule is C1CCOC1.C=C(c1ccccc1)c1ccc(COCCNC(=O)Nc2ccccc2)cc1.NCCOCc1ccc(C(=O)c2ccccc2)cc1.O=C(c1ccccc1)c1ccc(CBr)cc1. The molecule has 7 aromatic rings. The summed E-state index contributed by atoms with van der Waals surface area (Å²) in [7, 11) is 0. The van der Waals surface area contributed by atoms with Crippen LogP contribution in [0.25, 0.3) is 5.57 Å². The molecule has 1 saturated heterocycles. The van der Waals surface area contributed by atoms with Gasteiger partial charge in [-0.05, 0) is 58.4 Å². The molecule has 1 heterocycles. The van der Waals surface area contributed by atoms with Gasteiger partial charge in [0.2, 0.25) is 0 Å². The molecule has 9 nitrogen and oxygen atoms in total. The maximum absolute atomic E-state index is 12.2. The van der Waals surface area contributed by atoms with Gasteiger partial charge in [0, 0.05) is 59.6 Å². The van der Waals surface area contributed by atoms with E-state index in [-0.39, 0.29) is 17.6 Å². The number of ketones is 2. The maximum atomic E-state index is 12.2. The second kappa shape index (κ2) is 30.5.